The Morgan fingerprint density at radius 3 is 2.25 bits per heavy atom. The third-order valence-corrected chi connectivity index (χ3v) is 6.52. The fraction of sp³-hybridized carbons (Fsp3) is 0.100. The number of non-ortho nitro benzene ring substituents is 1. The van der Waals surface area contributed by atoms with Gasteiger partial charge in [0, 0.05) is 18.7 Å². The summed E-state index contributed by atoms with van der Waals surface area (Å²) in [4.78, 5) is 10.7. The van der Waals surface area contributed by atoms with E-state index in [-0.39, 0.29) is 17.1 Å². The fourth-order valence-electron chi connectivity index (χ4n) is 3.26. The second-order valence-electron chi connectivity index (χ2n) is 6.43. The van der Waals surface area contributed by atoms with Crippen LogP contribution < -0.4 is 5.32 Å². The largest absolute Gasteiger partial charge is 0.364 e. The number of para-hydroxylation sites is 1. The van der Waals surface area contributed by atoms with E-state index < -0.39 is 21.1 Å². The Labute approximate surface area is 162 Å². The molecule has 0 spiro atoms. The van der Waals surface area contributed by atoms with E-state index >= 15 is 0 Å². The zero-order valence-electron chi connectivity index (χ0n) is 14.7. The number of hydrogen-bond donors (Lipinski definition) is 1. The van der Waals surface area contributed by atoms with Crippen LogP contribution in [0.4, 0.5) is 11.4 Å². The van der Waals surface area contributed by atoms with Gasteiger partial charge in [-0.15, -0.1) is 0 Å². The smallest absolute Gasteiger partial charge is 0.269 e. The molecule has 1 aliphatic heterocycles. The summed E-state index contributed by atoms with van der Waals surface area (Å²) in [6, 6.07) is 22.0. The molecule has 1 aliphatic rings. The standard InChI is InChI=1S/C20H17N3O4S/c24-23(25)17-12-10-16(11-13-17)20-21-18-8-4-5-9-19(18)28(26,27)22(20)14-15-6-2-1-3-7-15/h1-13,20-21H,14H2/t20-/m0/s1. The van der Waals surface area contributed by atoms with Crippen molar-refractivity contribution in [2.45, 2.75) is 17.6 Å². The molecule has 0 bridgehead atoms. The van der Waals surface area contributed by atoms with Crippen LogP contribution >= 0.6 is 0 Å². The molecule has 3 aromatic rings. The van der Waals surface area contributed by atoms with E-state index in [4.69, 9.17) is 0 Å². The zero-order valence-corrected chi connectivity index (χ0v) is 15.5. The minimum Gasteiger partial charge on any atom is -0.364 e. The number of benzene rings is 3. The molecular weight excluding hydrogens is 378 g/mol. The van der Waals surface area contributed by atoms with E-state index in [1.165, 1.54) is 16.4 Å². The topological polar surface area (TPSA) is 92.5 Å². The molecule has 1 heterocycles. The lowest BCUT2D eigenvalue weighted by Gasteiger charge is -2.37. The van der Waals surface area contributed by atoms with E-state index in [0.29, 0.717) is 11.3 Å². The molecule has 0 fully saturated rings. The first-order valence-corrected chi connectivity index (χ1v) is 10.1. The lowest BCUT2D eigenvalue weighted by atomic mass is 10.1. The number of nitrogens with zero attached hydrogens (tertiary/aromatic N) is 2. The monoisotopic (exact) mass is 395 g/mol. The van der Waals surface area contributed by atoms with Crippen LogP contribution in [0.1, 0.15) is 17.3 Å². The Bertz CT molecular complexity index is 1120. The number of hydrogen-bond acceptors (Lipinski definition) is 5. The van der Waals surface area contributed by atoms with Crippen LogP contribution in [0.15, 0.2) is 83.8 Å². The van der Waals surface area contributed by atoms with Crippen molar-refractivity contribution in [3.63, 3.8) is 0 Å². The molecule has 4 rings (SSSR count). The minimum absolute atomic E-state index is 0.0440. The predicted octanol–water partition coefficient (Wildman–Crippen LogP) is 3.91. The van der Waals surface area contributed by atoms with E-state index in [1.54, 1.807) is 36.4 Å². The van der Waals surface area contributed by atoms with Gasteiger partial charge in [0.2, 0.25) is 10.0 Å². The molecule has 0 aliphatic carbocycles. The van der Waals surface area contributed by atoms with Crippen molar-refractivity contribution >= 4 is 21.4 Å². The maximum atomic E-state index is 13.3. The quantitative estimate of drug-likeness (QED) is 0.534. The molecule has 0 saturated heterocycles. The zero-order chi connectivity index (χ0) is 19.7. The maximum absolute atomic E-state index is 13.3. The highest BCUT2D eigenvalue weighted by molar-refractivity contribution is 7.89. The van der Waals surface area contributed by atoms with Crippen molar-refractivity contribution in [2.24, 2.45) is 0 Å². The van der Waals surface area contributed by atoms with Gasteiger partial charge in [-0.25, -0.2) is 8.42 Å². The number of sulfonamides is 1. The first-order valence-electron chi connectivity index (χ1n) is 8.62. The summed E-state index contributed by atoms with van der Waals surface area (Å²) in [6.45, 7) is 0.173. The number of fused-ring (bicyclic) bond motifs is 1. The molecule has 0 saturated carbocycles. The summed E-state index contributed by atoms with van der Waals surface area (Å²) in [5.74, 6) is 0. The van der Waals surface area contributed by atoms with Gasteiger partial charge in [-0.2, -0.15) is 4.31 Å². The van der Waals surface area contributed by atoms with Crippen LogP contribution in [0.2, 0.25) is 0 Å². The summed E-state index contributed by atoms with van der Waals surface area (Å²) in [6.07, 6.45) is -0.680. The lowest BCUT2D eigenvalue weighted by molar-refractivity contribution is -0.384. The first-order chi connectivity index (χ1) is 13.5. The van der Waals surface area contributed by atoms with Gasteiger partial charge in [-0.05, 0) is 35.4 Å². The Morgan fingerprint density at radius 2 is 1.57 bits per heavy atom. The van der Waals surface area contributed by atoms with Crippen LogP contribution in [-0.2, 0) is 16.6 Å². The third kappa shape index (κ3) is 3.23. The van der Waals surface area contributed by atoms with Crippen LogP contribution in [0, 0.1) is 10.1 Å². The molecule has 0 unspecified atom stereocenters. The molecular formula is C20H17N3O4S. The molecule has 1 atom stereocenters. The molecule has 7 nitrogen and oxygen atoms in total. The summed E-state index contributed by atoms with van der Waals surface area (Å²) in [5, 5.41) is 14.2. The second kappa shape index (κ2) is 7.06. The molecule has 0 aromatic heterocycles. The van der Waals surface area contributed by atoms with E-state index in [1.807, 2.05) is 30.3 Å². The normalized spacial score (nSPS) is 18.1. The van der Waals surface area contributed by atoms with Gasteiger partial charge >= 0.3 is 0 Å². The number of anilines is 1. The first kappa shape index (κ1) is 18.1. The van der Waals surface area contributed by atoms with Crippen molar-refractivity contribution in [1.29, 1.82) is 0 Å². The van der Waals surface area contributed by atoms with Gasteiger partial charge in [0.1, 0.15) is 11.1 Å². The van der Waals surface area contributed by atoms with Gasteiger partial charge in [0.15, 0.2) is 0 Å². The summed E-state index contributed by atoms with van der Waals surface area (Å²) in [5.41, 5.74) is 1.94. The molecule has 8 heteroatoms. The van der Waals surface area contributed by atoms with Crippen molar-refractivity contribution in [1.82, 2.24) is 4.31 Å². The van der Waals surface area contributed by atoms with Gasteiger partial charge in [0.25, 0.3) is 5.69 Å². The third-order valence-electron chi connectivity index (χ3n) is 4.65. The van der Waals surface area contributed by atoms with E-state index in [9.17, 15) is 18.5 Å². The van der Waals surface area contributed by atoms with E-state index in [2.05, 4.69) is 5.32 Å². The van der Waals surface area contributed by atoms with Crippen LogP contribution in [-0.4, -0.2) is 17.6 Å². The minimum atomic E-state index is -3.77. The average molecular weight is 395 g/mol. The van der Waals surface area contributed by atoms with Crippen molar-refractivity contribution in [3.05, 3.63) is 100 Å². The predicted molar refractivity (Wildman–Crippen MR) is 105 cm³/mol. The Morgan fingerprint density at radius 1 is 0.929 bits per heavy atom. The van der Waals surface area contributed by atoms with Crippen molar-refractivity contribution in [3.8, 4) is 0 Å². The Kier molecular flexibility index (Phi) is 4.58. The number of nitrogens with one attached hydrogen (secondary N) is 1. The van der Waals surface area contributed by atoms with Crippen LogP contribution in [0.5, 0.6) is 0 Å². The van der Waals surface area contributed by atoms with Crippen LogP contribution in [0.25, 0.3) is 0 Å². The number of nitro groups is 1. The number of nitro benzene ring substituents is 1. The molecule has 3 aromatic carbocycles. The summed E-state index contributed by atoms with van der Waals surface area (Å²) in [7, 11) is -3.77. The SMILES string of the molecule is O=[N+]([O-])c1ccc([C@H]2Nc3ccccc3S(=O)(=O)N2Cc2ccccc2)cc1. The summed E-state index contributed by atoms with van der Waals surface area (Å²) < 4.78 is 28.1. The Hall–Kier alpha value is -3.23. The molecule has 28 heavy (non-hydrogen) atoms. The van der Waals surface area contributed by atoms with Gasteiger partial charge in [0.05, 0.1) is 10.6 Å². The highest BCUT2D eigenvalue weighted by Gasteiger charge is 2.38. The van der Waals surface area contributed by atoms with Gasteiger partial charge in [-0.1, -0.05) is 42.5 Å². The summed E-state index contributed by atoms with van der Waals surface area (Å²) >= 11 is 0. The second-order valence-corrected chi connectivity index (χ2v) is 8.29. The molecule has 1 N–H and O–H groups in total. The van der Waals surface area contributed by atoms with Crippen LogP contribution in [0.3, 0.4) is 0 Å². The van der Waals surface area contributed by atoms with Crippen molar-refractivity contribution in [2.75, 3.05) is 5.32 Å². The molecule has 142 valence electrons. The Balaban J connectivity index is 1.81. The molecule has 0 amide bonds. The fourth-order valence-corrected chi connectivity index (χ4v) is 4.94. The highest BCUT2D eigenvalue weighted by Crippen LogP contribution is 2.39. The average Bonchev–Trinajstić information content (AvgIpc) is 2.71. The van der Waals surface area contributed by atoms with Gasteiger partial charge in [-0.3, -0.25) is 10.1 Å². The lowest BCUT2D eigenvalue weighted by Crippen LogP contribution is -2.42. The van der Waals surface area contributed by atoms with E-state index in [0.717, 1.165) is 5.56 Å². The van der Waals surface area contributed by atoms with Crippen molar-refractivity contribution < 1.29 is 13.3 Å². The maximum Gasteiger partial charge on any atom is 0.269 e. The molecule has 0 radical (unpaired) electrons. The highest BCUT2D eigenvalue weighted by atomic mass is 32.2. The number of rotatable bonds is 4. The van der Waals surface area contributed by atoms with Gasteiger partial charge < -0.3 is 5.32 Å².